The van der Waals surface area contributed by atoms with Crippen molar-refractivity contribution < 1.29 is 14.4 Å². The molecule has 1 aromatic rings. The second-order valence-corrected chi connectivity index (χ2v) is 3.97. The van der Waals surface area contributed by atoms with Crippen molar-refractivity contribution in [2.24, 2.45) is 5.73 Å². The topological polar surface area (TPSA) is 81.4 Å². The first kappa shape index (κ1) is 12.4. The summed E-state index contributed by atoms with van der Waals surface area (Å²) in [7, 11) is 0. The number of nitrogens with two attached hydrogens (primary N) is 1. The summed E-state index contributed by atoms with van der Waals surface area (Å²) < 4.78 is 0. The molecular formula is C10H12N2O3S. The van der Waals surface area contributed by atoms with Gasteiger partial charge in [0.15, 0.2) is 6.61 Å². The Hall–Kier alpha value is -1.66. The second kappa shape index (κ2) is 6.04. The highest BCUT2D eigenvalue weighted by molar-refractivity contribution is 7.11. The average Bonchev–Trinajstić information content (AvgIpc) is 2.60. The largest absolute Gasteiger partial charge is 0.368 e. The van der Waals surface area contributed by atoms with Gasteiger partial charge in [-0.2, -0.15) is 0 Å². The Morgan fingerprint density at radius 3 is 2.94 bits per heavy atom. The maximum absolute atomic E-state index is 11.2. The van der Waals surface area contributed by atoms with Gasteiger partial charge in [0, 0.05) is 11.0 Å². The SMILES string of the molecule is Cc1ccsc1/C=C/C(=O)NOCC(N)=O. The van der Waals surface area contributed by atoms with E-state index in [0.717, 1.165) is 10.4 Å². The van der Waals surface area contributed by atoms with E-state index in [-0.39, 0.29) is 6.61 Å². The van der Waals surface area contributed by atoms with Crippen LogP contribution in [0.3, 0.4) is 0 Å². The fourth-order valence-electron chi connectivity index (χ4n) is 0.919. The van der Waals surface area contributed by atoms with Gasteiger partial charge in [-0.05, 0) is 30.0 Å². The van der Waals surface area contributed by atoms with Crippen LogP contribution >= 0.6 is 11.3 Å². The van der Waals surface area contributed by atoms with Crippen molar-refractivity contribution in [1.29, 1.82) is 0 Å². The van der Waals surface area contributed by atoms with Crippen molar-refractivity contribution in [3.05, 3.63) is 28.0 Å². The summed E-state index contributed by atoms with van der Waals surface area (Å²) in [4.78, 5) is 27.0. The molecule has 1 aromatic heterocycles. The molecule has 0 fully saturated rings. The molecule has 16 heavy (non-hydrogen) atoms. The van der Waals surface area contributed by atoms with Gasteiger partial charge in [0.05, 0.1) is 0 Å². The van der Waals surface area contributed by atoms with Gasteiger partial charge in [-0.1, -0.05) is 0 Å². The lowest BCUT2D eigenvalue weighted by Crippen LogP contribution is -2.28. The Bertz CT molecular complexity index is 412. The van der Waals surface area contributed by atoms with E-state index < -0.39 is 11.8 Å². The third-order valence-electron chi connectivity index (χ3n) is 1.67. The molecule has 3 N–H and O–H groups in total. The maximum Gasteiger partial charge on any atom is 0.267 e. The normalized spacial score (nSPS) is 10.6. The molecule has 6 heteroatoms. The first-order valence-electron chi connectivity index (χ1n) is 4.52. The fourth-order valence-corrected chi connectivity index (χ4v) is 1.74. The molecule has 0 radical (unpaired) electrons. The number of carbonyl (C=O) groups is 2. The summed E-state index contributed by atoms with van der Waals surface area (Å²) in [6, 6.07) is 1.96. The van der Waals surface area contributed by atoms with E-state index in [1.54, 1.807) is 6.08 Å². The van der Waals surface area contributed by atoms with Crippen LogP contribution in [0, 0.1) is 6.92 Å². The van der Waals surface area contributed by atoms with E-state index in [9.17, 15) is 9.59 Å². The van der Waals surface area contributed by atoms with Crippen LogP contribution in [0.15, 0.2) is 17.5 Å². The smallest absolute Gasteiger partial charge is 0.267 e. The highest BCUT2D eigenvalue weighted by Gasteiger charge is 1.99. The molecule has 0 aliphatic heterocycles. The van der Waals surface area contributed by atoms with Crippen LogP contribution in [0.1, 0.15) is 10.4 Å². The Labute approximate surface area is 96.9 Å². The molecule has 2 amide bonds. The third kappa shape index (κ3) is 4.24. The predicted molar refractivity (Wildman–Crippen MR) is 61.4 cm³/mol. The lowest BCUT2D eigenvalue weighted by Gasteiger charge is -1.99. The summed E-state index contributed by atoms with van der Waals surface area (Å²) in [6.45, 7) is 1.62. The lowest BCUT2D eigenvalue weighted by atomic mass is 10.3. The molecule has 0 atom stereocenters. The maximum atomic E-state index is 11.2. The molecule has 86 valence electrons. The number of nitrogens with one attached hydrogen (secondary N) is 1. The quantitative estimate of drug-likeness (QED) is 0.584. The summed E-state index contributed by atoms with van der Waals surface area (Å²) in [5.41, 5.74) is 8.00. The lowest BCUT2D eigenvalue weighted by molar-refractivity contribution is -0.134. The van der Waals surface area contributed by atoms with E-state index in [1.165, 1.54) is 17.4 Å². The standard InChI is InChI=1S/C10H12N2O3S/c1-7-4-5-16-8(7)2-3-10(14)12-15-6-9(11)13/h2-5H,6H2,1H3,(H2,11,13)(H,12,14)/b3-2+. The molecule has 0 aliphatic carbocycles. The number of rotatable bonds is 5. The van der Waals surface area contributed by atoms with Gasteiger partial charge in [0.1, 0.15) is 0 Å². The van der Waals surface area contributed by atoms with Crippen molar-refractivity contribution >= 4 is 29.2 Å². The van der Waals surface area contributed by atoms with Crippen LogP contribution in [0.5, 0.6) is 0 Å². The number of carbonyl (C=O) groups excluding carboxylic acids is 2. The number of hydrogen-bond acceptors (Lipinski definition) is 4. The monoisotopic (exact) mass is 240 g/mol. The zero-order valence-corrected chi connectivity index (χ0v) is 9.54. The van der Waals surface area contributed by atoms with E-state index in [4.69, 9.17) is 5.73 Å². The first-order valence-corrected chi connectivity index (χ1v) is 5.40. The van der Waals surface area contributed by atoms with Gasteiger partial charge in [-0.25, -0.2) is 5.48 Å². The Balaban J connectivity index is 2.37. The van der Waals surface area contributed by atoms with E-state index in [0.29, 0.717) is 0 Å². The Kier molecular flexibility index (Phi) is 4.68. The Morgan fingerprint density at radius 1 is 1.62 bits per heavy atom. The van der Waals surface area contributed by atoms with Crippen molar-refractivity contribution in [1.82, 2.24) is 5.48 Å². The minimum atomic E-state index is -0.640. The zero-order chi connectivity index (χ0) is 12.0. The first-order chi connectivity index (χ1) is 7.59. The number of amides is 2. The highest BCUT2D eigenvalue weighted by atomic mass is 32.1. The van der Waals surface area contributed by atoms with Crippen LogP contribution in [0.25, 0.3) is 6.08 Å². The number of hydrogen-bond donors (Lipinski definition) is 2. The van der Waals surface area contributed by atoms with Crippen LogP contribution in [0.2, 0.25) is 0 Å². The molecule has 0 saturated carbocycles. The molecule has 1 heterocycles. The fraction of sp³-hybridized carbons (Fsp3) is 0.200. The van der Waals surface area contributed by atoms with Gasteiger partial charge >= 0.3 is 0 Å². The molecule has 5 nitrogen and oxygen atoms in total. The molecule has 1 rings (SSSR count). The summed E-state index contributed by atoms with van der Waals surface area (Å²) in [6.07, 6.45) is 3.02. The van der Waals surface area contributed by atoms with E-state index in [2.05, 4.69) is 10.3 Å². The van der Waals surface area contributed by atoms with Crippen molar-refractivity contribution in [3.8, 4) is 0 Å². The Morgan fingerprint density at radius 2 is 2.38 bits per heavy atom. The highest BCUT2D eigenvalue weighted by Crippen LogP contribution is 2.16. The van der Waals surface area contributed by atoms with Crippen LogP contribution in [-0.4, -0.2) is 18.4 Å². The van der Waals surface area contributed by atoms with Crippen molar-refractivity contribution in [2.45, 2.75) is 6.92 Å². The van der Waals surface area contributed by atoms with Crippen molar-refractivity contribution in [3.63, 3.8) is 0 Å². The minimum Gasteiger partial charge on any atom is -0.368 e. The van der Waals surface area contributed by atoms with E-state index in [1.807, 2.05) is 18.4 Å². The number of primary amides is 1. The van der Waals surface area contributed by atoms with E-state index >= 15 is 0 Å². The average molecular weight is 240 g/mol. The molecule has 0 bridgehead atoms. The van der Waals surface area contributed by atoms with Gasteiger partial charge < -0.3 is 5.73 Å². The number of aryl methyl sites for hydroxylation is 1. The number of thiophene rings is 1. The molecule has 0 aromatic carbocycles. The summed E-state index contributed by atoms with van der Waals surface area (Å²) in [5, 5.41) is 1.94. The third-order valence-corrected chi connectivity index (χ3v) is 2.66. The van der Waals surface area contributed by atoms with Crippen LogP contribution < -0.4 is 11.2 Å². The second-order valence-electron chi connectivity index (χ2n) is 3.02. The molecule has 0 aliphatic rings. The minimum absolute atomic E-state index is 0.336. The zero-order valence-electron chi connectivity index (χ0n) is 8.73. The summed E-state index contributed by atoms with van der Waals surface area (Å²) in [5.74, 6) is -1.08. The van der Waals surface area contributed by atoms with Crippen LogP contribution in [-0.2, 0) is 14.4 Å². The molecule has 0 unspecified atom stereocenters. The van der Waals surface area contributed by atoms with Gasteiger partial charge in [-0.3, -0.25) is 14.4 Å². The van der Waals surface area contributed by atoms with Gasteiger partial charge in [0.25, 0.3) is 5.91 Å². The van der Waals surface area contributed by atoms with Crippen molar-refractivity contribution in [2.75, 3.05) is 6.61 Å². The molecular weight excluding hydrogens is 228 g/mol. The number of hydroxylamine groups is 1. The summed E-state index contributed by atoms with van der Waals surface area (Å²) >= 11 is 1.54. The molecule has 0 saturated heterocycles. The van der Waals surface area contributed by atoms with Gasteiger partial charge in [0.2, 0.25) is 5.91 Å². The predicted octanol–water partition coefficient (Wildman–Crippen LogP) is 0.603. The molecule has 0 spiro atoms. The van der Waals surface area contributed by atoms with Gasteiger partial charge in [-0.15, -0.1) is 11.3 Å². The van der Waals surface area contributed by atoms with Crippen LogP contribution in [0.4, 0.5) is 0 Å².